The highest BCUT2D eigenvalue weighted by molar-refractivity contribution is 5.92. The van der Waals surface area contributed by atoms with Crippen LogP contribution in [0.5, 0.6) is 11.5 Å². The molecule has 1 unspecified atom stereocenters. The van der Waals surface area contributed by atoms with Gasteiger partial charge in [-0.05, 0) is 49.4 Å². The molecule has 0 aliphatic rings. The molecule has 9 heteroatoms. The van der Waals surface area contributed by atoms with Crippen molar-refractivity contribution in [2.45, 2.75) is 18.7 Å². The van der Waals surface area contributed by atoms with Gasteiger partial charge < -0.3 is 19.1 Å². The summed E-state index contributed by atoms with van der Waals surface area (Å²) >= 11 is 0. The number of ether oxygens (including phenoxy) is 2. The molecule has 0 bridgehead atoms. The van der Waals surface area contributed by atoms with Crippen molar-refractivity contribution in [3.05, 3.63) is 95.5 Å². The Morgan fingerprint density at radius 3 is 2.29 bits per heavy atom. The molecule has 1 aromatic heterocycles. The predicted octanol–water partition coefficient (Wildman–Crippen LogP) is 6.37. The Hall–Kier alpha value is -4.29. The molecule has 0 aliphatic heterocycles. The van der Waals surface area contributed by atoms with Gasteiger partial charge in [0.2, 0.25) is 0 Å². The SMILES string of the molecule is [C-]#[N+]c1ccc(Oc2ccc(-n3cc(C(C)(O)C(=O)OC)c4ccccc43)cc2)cc1C(F)(F)F. The second-order valence-corrected chi connectivity index (χ2v) is 7.88. The van der Waals surface area contributed by atoms with Crippen LogP contribution in [0.4, 0.5) is 18.9 Å². The molecule has 1 heterocycles. The lowest BCUT2D eigenvalue weighted by Crippen LogP contribution is -2.33. The van der Waals surface area contributed by atoms with Crippen LogP contribution in [0.1, 0.15) is 18.1 Å². The first-order chi connectivity index (χ1) is 16.6. The monoisotopic (exact) mass is 480 g/mol. The van der Waals surface area contributed by atoms with Crippen LogP contribution in [0.2, 0.25) is 0 Å². The lowest BCUT2D eigenvalue weighted by Gasteiger charge is -2.19. The van der Waals surface area contributed by atoms with E-state index in [1.807, 2.05) is 12.1 Å². The Morgan fingerprint density at radius 1 is 1.00 bits per heavy atom. The number of esters is 1. The van der Waals surface area contributed by atoms with Gasteiger partial charge in [-0.2, -0.15) is 13.2 Å². The summed E-state index contributed by atoms with van der Waals surface area (Å²) in [4.78, 5) is 15.1. The van der Waals surface area contributed by atoms with E-state index in [2.05, 4.69) is 4.85 Å². The first kappa shape index (κ1) is 23.9. The van der Waals surface area contributed by atoms with Gasteiger partial charge in [-0.1, -0.05) is 24.3 Å². The van der Waals surface area contributed by atoms with Crippen molar-refractivity contribution in [1.29, 1.82) is 0 Å². The van der Waals surface area contributed by atoms with Gasteiger partial charge >= 0.3 is 12.1 Å². The molecule has 178 valence electrons. The average Bonchev–Trinajstić information content (AvgIpc) is 3.24. The van der Waals surface area contributed by atoms with Gasteiger partial charge in [0.05, 0.1) is 24.8 Å². The normalized spacial score (nSPS) is 13.2. The van der Waals surface area contributed by atoms with E-state index < -0.39 is 29.0 Å². The summed E-state index contributed by atoms with van der Waals surface area (Å²) in [5.74, 6) is -0.567. The highest BCUT2D eigenvalue weighted by atomic mass is 19.4. The van der Waals surface area contributed by atoms with Gasteiger partial charge in [0.25, 0.3) is 0 Å². The van der Waals surface area contributed by atoms with E-state index in [0.29, 0.717) is 16.6 Å². The van der Waals surface area contributed by atoms with Gasteiger partial charge in [-0.3, -0.25) is 0 Å². The first-order valence-electron chi connectivity index (χ1n) is 10.3. The Kier molecular flexibility index (Phi) is 6.01. The van der Waals surface area contributed by atoms with Crippen LogP contribution in [0.3, 0.4) is 0 Å². The number of fused-ring (bicyclic) bond motifs is 1. The molecule has 6 nitrogen and oxygen atoms in total. The van der Waals surface area contributed by atoms with E-state index in [1.54, 1.807) is 47.2 Å². The summed E-state index contributed by atoms with van der Waals surface area (Å²) in [5.41, 5.74) is -1.69. The summed E-state index contributed by atoms with van der Waals surface area (Å²) in [6.45, 7) is 8.29. The summed E-state index contributed by atoms with van der Waals surface area (Å²) < 4.78 is 51.8. The third-order valence-electron chi connectivity index (χ3n) is 5.56. The van der Waals surface area contributed by atoms with Crippen molar-refractivity contribution >= 4 is 22.6 Å². The number of alkyl halides is 3. The number of nitrogens with zero attached hydrogens (tertiary/aromatic N) is 2. The number of rotatable bonds is 5. The van der Waals surface area contributed by atoms with Crippen LogP contribution in [-0.2, 0) is 21.3 Å². The predicted molar refractivity (Wildman–Crippen MR) is 123 cm³/mol. The quantitative estimate of drug-likeness (QED) is 0.266. The smallest absolute Gasteiger partial charge is 0.407 e. The zero-order valence-corrected chi connectivity index (χ0v) is 18.6. The maximum absolute atomic E-state index is 13.2. The number of aliphatic hydroxyl groups is 1. The van der Waals surface area contributed by atoms with Crippen molar-refractivity contribution in [2.24, 2.45) is 0 Å². The second kappa shape index (κ2) is 8.81. The Labute approximate surface area is 198 Å². The van der Waals surface area contributed by atoms with Crippen LogP contribution in [-0.4, -0.2) is 22.8 Å². The number of para-hydroxylation sites is 1. The average molecular weight is 480 g/mol. The highest BCUT2D eigenvalue weighted by Gasteiger charge is 2.37. The third-order valence-corrected chi connectivity index (χ3v) is 5.56. The lowest BCUT2D eigenvalue weighted by atomic mass is 9.96. The van der Waals surface area contributed by atoms with Crippen LogP contribution < -0.4 is 4.74 Å². The molecule has 1 atom stereocenters. The Bertz CT molecular complexity index is 1450. The number of methoxy groups -OCH3 is 1. The summed E-state index contributed by atoms with van der Waals surface area (Å²) in [7, 11) is 1.20. The molecule has 4 aromatic rings. The van der Waals surface area contributed by atoms with Crippen LogP contribution >= 0.6 is 0 Å². The van der Waals surface area contributed by atoms with E-state index in [0.717, 1.165) is 17.6 Å². The van der Waals surface area contributed by atoms with E-state index in [-0.39, 0.29) is 11.5 Å². The van der Waals surface area contributed by atoms with Crippen molar-refractivity contribution in [1.82, 2.24) is 4.57 Å². The summed E-state index contributed by atoms with van der Waals surface area (Å²) in [6.07, 6.45) is -3.04. The number of carbonyl (C=O) groups is 1. The van der Waals surface area contributed by atoms with E-state index in [9.17, 15) is 23.1 Å². The molecule has 0 saturated carbocycles. The Balaban J connectivity index is 1.68. The molecule has 0 fully saturated rings. The number of benzene rings is 3. The van der Waals surface area contributed by atoms with Gasteiger partial charge in [0.15, 0.2) is 11.3 Å². The Morgan fingerprint density at radius 2 is 1.66 bits per heavy atom. The topological polar surface area (TPSA) is 65.0 Å². The summed E-state index contributed by atoms with van der Waals surface area (Å²) in [5, 5.41) is 11.5. The first-order valence-corrected chi connectivity index (χ1v) is 10.3. The fourth-order valence-corrected chi connectivity index (χ4v) is 3.80. The number of hydrogen-bond acceptors (Lipinski definition) is 4. The van der Waals surface area contributed by atoms with Crippen molar-refractivity contribution in [2.75, 3.05) is 7.11 Å². The fraction of sp³-hybridized carbons (Fsp3) is 0.154. The minimum Gasteiger partial charge on any atom is -0.467 e. The zero-order chi connectivity index (χ0) is 25.4. The molecular weight excluding hydrogens is 461 g/mol. The second-order valence-electron chi connectivity index (χ2n) is 7.88. The number of halogens is 3. The zero-order valence-electron chi connectivity index (χ0n) is 18.6. The molecule has 0 saturated heterocycles. The highest BCUT2D eigenvalue weighted by Crippen LogP contribution is 2.39. The van der Waals surface area contributed by atoms with E-state index >= 15 is 0 Å². The van der Waals surface area contributed by atoms with Crippen LogP contribution in [0.25, 0.3) is 21.4 Å². The number of carbonyl (C=O) groups excluding carboxylic acids is 1. The van der Waals surface area contributed by atoms with Gasteiger partial charge in [-0.15, -0.1) is 0 Å². The minimum atomic E-state index is -4.68. The van der Waals surface area contributed by atoms with Crippen LogP contribution in [0.15, 0.2) is 72.9 Å². The molecule has 1 N–H and O–H groups in total. The van der Waals surface area contributed by atoms with Crippen molar-refractivity contribution < 1.29 is 32.5 Å². The molecule has 0 aliphatic carbocycles. The van der Waals surface area contributed by atoms with E-state index in [4.69, 9.17) is 16.0 Å². The van der Waals surface area contributed by atoms with Crippen molar-refractivity contribution in [3.63, 3.8) is 0 Å². The van der Waals surface area contributed by atoms with Gasteiger partial charge in [-0.25, -0.2) is 9.64 Å². The maximum atomic E-state index is 13.2. The molecular formula is C26H19F3N2O4. The maximum Gasteiger partial charge on any atom is 0.407 e. The molecule has 0 spiro atoms. The third kappa shape index (κ3) is 4.44. The van der Waals surface area contributed by atoms with E-state index in [1.165, 1.54) is 20.1 Å². The number of aromatic nitrogens is 1. The molecule has 0 radical (unpaired) electrons. The standard InChI is InChI=1S/C26H19F3N2O4/c1-25(33,24(32)34-3)21-15-31(23-7-5-4-6-19(21)23)16-8-10-17(11-9-16)35-18-12-13-22(30-2)20(14-18)26(27,28)29/h4-15,33H,1,3H3. The van der Waals surface area contributed by atoms with Crippen molar-refractivity contribution in [3.8, 4) is 17.2 Å². The van der Waals surface area contributed by atoms with Crippen LogP contribution in [0, 0.1) is 6.57 Å². The summed E-state index contributed by atoms with van der Waals surface area (Å²) in [6, 6.07) is 16.9. The molecule has 4 rings (SSSR count). The minimum absolute atomic E-state index is 0.0553. The fourth-order valence-electron chi connectivity index (χ4n) is 3.80. The molecule has 35 heavy (non-hydrogen) atoms. The number of hydrogen-bond donors (Lipinski definition) is 1. The van der Waals surface area contributed by atoms with Gasteiger partial charge in [0, 0.05) is 22.8 Å². The molecule has 0 amide bonds. The lowest BCUT2D eigenvalue weighted by molar-refractivity contribution is -0.161. The van der Waals surface area contributed by atoms with Gasteiger partial charge in [0.1, 0.15) is 11.5 Å². The largest absolute Gasteiger partial charge is 0.467 e. The molecule has 3 aromatic carbocycles.